The average Bonchev–Trinajstić information content (AvgIpc) is 2.87. The topological polar surface area (TPSA) is 59.6 Å². The fraction of sp³-hybridized carbons (Fsp3) is 0.533. The number of ether oxygens (including phenoxy) is 2. The van der Waals surface area contributed by atoms with Crippen LogP contribution in [0.4, 0.5) is 4.79 Å². The molecule has 0 bridgehead atoms. The summed E-state index contributed by atoms with van der Waals surface area (Å²) in [4.78, 5) is 11.9. The molecular formula is C15H19BrN2O3. The van der Waals surface area contributed by atoms with Gasteiger partial charge in [0.15, 0.2) is 0 Å². The Kier molecular flexibility index (Phi) is 4.35. The maximum atomic E-state index is 11.9. The van der Waals surface area contributed by atoms with Crippen LogP contribution in [-0.4, -0.2) is 31.9 Å². The minimum Gasteiger partial charge on any atom is -0.493 e. The summed E-state index contributed by atoms with van der Waals surface area (Å²) in [6, 6.07) is 4.15. The summed E-state index contributed by atoms with van der Waals surface area (Å²) in [5.74, 6) is 0.918. The number of carbonyl (C=O) groups excluding carboxylic acids is 1. The first kappa shape index (κ1) is 14.7. The van der Waals surface area contributed by atoms with E-state index in [-0.39, 0.29) is 18.2 Å². The summed E-state index contributed by atoms with van der Waals surface area (Å²) in [5, 5.41) is 5.85. The zero-order valence-electron chi connectivity index (χ0n) is 11.9. The van der Waals surface area contributed by atoms with Crippen molar-refractivity contribution in [2.24, 2.45) is 0 Å². The number of urea groups is 1. The van der Waals surface area contributed by atoms with Crippen molar-refractivity contribution in [1.29, 1.82) is 0 Å². The van der Waals surface area contributed by atoms with Gasteiger partial charge in [-0.3, -0.25) is 0 Å². The van der Waals surface area contributed by atoms with Crippen molar-refractivity contribution in [1.82, 2.24) is 10.6 Å². The second kappa shape index (κ2) is 6.23. The molecular weight excluding hydrogens is 336 g/mol. The molecule has 1 heterocycles. The van der Waals surface area contributed by atoms with Gasteiger partial charge in [0.2, 0.25) is 0 Å². The number of nitrogens with one attached hydrogen (secondary N) is 2. The fourth-order valence-electron chi connectivity index (χ4n) is 2.77. The molecule has 0 spiro atoms. The van der Waals surface area contributed by atoms with Crippen LogP contribution in [0.5, 0.6) is 5.75 Å². The Morgan fingerprint density at radius 1 is 1.48 bits per heavy atom. The van der Waals surface area contributed by atoms with Crippen LogP contribution >= 0.6 is 15.9 Å². The molecule has 0 aromatic heterocycles. The molecule has 2 amide bonds. The van der Waals surface area contributed by atoms with Crippen molar-refractivity contribution in [3.63, 3.8) is 0 Å². The van der Waals surface area contributed by atoms with Gasteiger partial charge in [0.05, 0.1) is 12.7 Å². The zero-order chi connectivity index (χ0) is 14.8. The van der Waals surface area contributed by atoms with E-state index >= 15 is 0 Å². The highest BCUT2D eigenvalue weighted by Crippen LogP contribution is 2.32. The van der Waals surface area contributed by atoms with Crippen molar-refractivity contribution < 1.29 is 14.3 Å². The number of rotatable bonds is 4. The van der Waals surface area contributed by atoms with Crippen molar-refractivity contribution in [3.05, 3.63) is 27.7 Å². The molecule has 2 aliphatic rings. The number of benzene rings is 1. The molecule has 0 radical (unpaired) electrons. The summed E-state index contributed by atoms with van der Waals surface area (Å²) < 4.78 is 11.9. The highest BCUT2D eigenvalue weighted by Gasteiger charge is 2.30. The van der Waals surface area contributed by atoms with Gasteiger partial charge in [0, 0.05) is 36.2 Å². The van der Waals surface area contributed by atoms with E-state index in [9.17, 15) is 4.79 Å². The molecule has 1 aromatic carbocycles. The zero-order valence-corrected chi connectivity index (χ0v) is 13.5. The molecule has 1 fully saturated rings. The van der Waals surface area contributed by atoms with Crippen molar-refractivity contribution >= 4 is 22.0 Å². The average molecular weight is 355 g/mol. The van der Waals surface area contributed by atoms with E-state index in [1.165, 1.54) is 5.56 Å². The van der Waals surface area contributed by atoms with Crippen molar-refractivity contribution in [3.8, 4) is 5.75 Å². The fourth-order valence-corrected chi connectivity index (χ4v) is 3.32. The lowest BCUT2D eigenvalue weighted by Crippen LogP contribution is -2.50. The summed E-state index contributed by atoms with van der Waals surface area (Å²) in [7, 11) is 1.70. The number of methoxy groups -OCH3 is 1. The third-order valence-electron chi connectivity index (χ3n) is 4.03. The van der Waals surface area contributed by atoms with Gasteiger partial charge in [-0.15, -0.1) is 0 Å². The second-order valence-corrected chi connectivity index (χ2v) is 6.42. The number of hydrogen-bond donors (Lipinski definition) is 2. The van der Waals surface area contributed by atoms with E-state index < -0.39 is 0 Å². The van der Waals surface area contributed by atoms with Gasteiger partial charge in [-0.25, -0.2) is 4.79 Å². The molecule has 5 nitrogen and oxygen atoms in total. The van der Waals surface area contributed by atoms with Crippen LogP contribution in [0.25, 0.3) is 0 Å². The number of carbonyl (C=O) groups is 1. The van der Waals surface area contributed by atoms with Crippen LogP contribution in [0.3, 0.4) is 0 Å². The van der Waals surface area contributed by atoms with Crippen molar-refractivity contribution in [2.75, 3.05) is 13.7 Å². The Balaban J connectivity index is 1.52. The largest absolute Gasteiger partial charge is 0.493 e. The molecule has 3 rings (SSSR count). The van der Waals surface area contributed by atoms with E-state index in [0.717, 1.165) is 35.0 Å². The molecule has 1 aliphatic carbocycles. The van der Waals surface area contributed by atoms with Gasteiger partial charge in [-0.05, 0) is 30.5 Å². The van der Waals surface area contributed by atoms with Gasteiger partial charge in [-0.1, -0.05) is 15.9 Å². The molecule has 21 heavy (non-hydrogen) atoms. The molecule has 2 N–H and O–H groups in total. The number of hydrogen-bond acceptors (Lipinski definition) is 3. The SMILES string of the molecule is COC1CC(NC(=O)NCc2cc(Br)cc3c2OCC3)C1. The minimum absolute atomic E-state index is 0.138. The molecule has 1 aliphatic heterocycles. The molecule has 0 saturated heterocycles. The first-order valence-electron chi connectivity index (χ1n) is 7.17. The molecule has 1 aromatic rings. The smallest absolute Gasteiger partial charge is 0.315 e. The maximum absolute atomic E-state index is 11.9. The maximum Gasteiger partial charge on any atom is 0.315 e. The van der Waals surface area contributed by atoms with E-state index in [1.54, 1.807) is 7.11 Å². The lowest BCUT2D eigenvalue weighted by Gasteiger charge is -2.34. The highest BCUT2D eigenvalue weighted by atomic mass is 79.9. The predicted octanol–water partition coefficient (Wildman–Crippen LogP) is 2.36. The first-order valence-corrected chi connectivity index (χ1v) is 7.96. The molecule has 0 atom stereocenters. The first-order chi connectivity index (χ1) is 10.2. The van der Waals surface area contributed by atoms with Crippen LogP contribution < -0.4 is 15.4 Å². The van der Waals surface area contributed by atoms with Gasteiger partial charge in [-0.2, -0.15) is 0 Å². The standard InChI is InChI=1S/C15H19BrN2O3/c1-20-13-6-12(7-13)18-15(19)17-8-10-5-11(16)4-9-2-3-21-14(9)10/h4-5,12-13H,2-3,6-8H2,1H3,(H2,17,18,19). The Hall–Kier alpha value is -1.27. The van der Waals surface area contributed by atoms with E-state index in [0.29, 0.717) is 13.2 Å². The summed E-state index contributed by atoms with van der Waals surface area (Å²) in [6.45, 7) is 1.18. The van der Waals surface area contributed by atoms with Gasteiger partial charge in [0.25, 0.3) is 0 Å². The predicted molar refractivity (Wildman–Crippen MR) is 82.5 cm³/mol. The Morgan fingerprint density at radius 2 is 2.29 bits per heavy atom. The normalized spacial score (nSPS) is 23.0. The van der Waals surface area contributed by atoms with E-state index in [4.69, 9.17) is 9.47 Å². The van der Waals surface area contributed by atoms with Crippen LogP contribution in [0.1, 0.15) is 24.0 Å². The quantitative estimate of drug-likeness (QED) is 0.872. The van der Waals surface area contributed by atoms with Crippen LogP contribution in [-0.2, 0) is 17.7 Å². The highest BCUT2D eigenvalue weighted by molar-refractivity contribution is 9.10. The molecule has 0 unspecified atom stereocenters. The van der Waals surface area contributed by atoms with E-state index in [1.807, 2.05) is 6.07 Å². The van der Waals surface area contributed by atoms with Crippen LogP contribution in [0.15, 0.2) is 16.6 Å². The van der Waals surface area contributed by atoms with E-state index in [2.05, 4.69) is 32.6 Å². The molecule has 114 valence electrons. The minimum atomic E-state index is -0.138. The van der Waals surface area contributed by atoms with Crippen molar-refractivity contribution in [2.45, 2.75) is 38.0 Å². The summed E-state index contributed by atoms with van der Waals surface area (Å²) in [6.07, 6.45) is 2.99. The van der Waals surface area contributed by atoms with Gasteiger partial charge >= 0.3 is 6.03 Å². The van der Waals surface area contributed by atoms with Crippen LogP contribution in [0.2, 0.25) is 0 Å². The third-order valence-corrected chi connectivity index (χ3v) is 4.49. The Bertz CT molecular complexity index is 544. The number of fused-ring (bicyclic) bond motifs is 1. The lowest BCUT2D eigenvalue weighted by molar-refractivity contribution is 0.0205. The lowest BCUT2D eigenvalue weighted by atomic mass is 9.89. The van der Waals surface area contributed by atoms with Gasteiger partial charge in [0.1, 0.15) is 5.75 Å². The number of halogens is 1. The Labute approximate surface area is 132 Å². The summed E-state index contributed by atoms with van der Waals surface area (Å²) >= 11 is 3.50. The molecule has 6 heteroatoms. The number of amides is 2. The van der Waals surface area contributed by atoms with Gasteiger partial charge < -0.3 is 20.1 Å². The molecule has 1 saturated carbocycles. The summed E-state index contributed by atoms with van der Waals surface area (Å²) in [5.41, 5.74) is 2.21. The van der Waals surface area contributed by atoms with Crippen LogP contribution in [0, 0.1) is 0 Å². The Morgan fingerprint density at radius 3 is 3.05 bits per heavy atom. The third kappa shape index (κ3) is 3.32. The monoisotopic (exact) mass is 354 g/mol. The second-order valence-electron chi connectivity index (χ2n) is 5.50.